The van der Waals surface area contributed by atoms with Gasteiger partial charge in [0, 0.05) is 31.4 Å². The molecule has 2 aromatic rings. The molecule has 1 aromatic carbocycles. The monoisotopic (exact) mass is 342 g/mol. The van der Waals surface area contributed by atoms with Crippen molar-refractivity contribution >= 4 is 11.6 Å². The van der Waals surface area contributed by atoms with Crippen molar-refractivity contribution in [2.75, 3.05) is 45.1 Å². The first-order valence-corrected chi connectivity index (χ1v) is 8.69. The predicted molar refractivity (Wildman–Crippen MR) is 98.4 cm³/mol. The minimum absolute atomic E-state index is 0.0303. The molecule has 134 valence electrons. The molecule has 1 saturated heterocycles. The standard InChI is InChI=1S/C18H26N6O/c1-14-15(18-21-19-13-23(18)3)6-4-7-16(14)20-17(25)12-24-9-5-8-22(2)10-11-24/h4,6-7,13H,5,8-12H2,1-3H3,(H,20,25). The Balaban J connectivity index is 1.68. The van der Waals surface area contributed by atoms with Crippen molar-refractivity contribution in [2.24, 2.45) is 7.05 Å². The van der Waals surface area contributed by atoms with Crippen LogP contribution in [-0.4, -0.2) is 70.2 Å². The molecule has 0 atom stereocenters. The fraction of sp³-hybridized carbons (Fsp3) is 0.500. The van der Waals surface area contributed by atoms with Gasteiger partial charge in [-0.25, -0.2) is 0 Å². The number of aromatic nitrogens is 3. The SMILES string of the molecule is Cc1c(NC(=O)CN2CCCN(C)CC2)cccc1-c1nncn1C. The zero-order chi connectivity index (χ0) is 17.8. The van der Waals surface area contributed by atoms with Crippen molar-refractivity contribution in [1.29, 1.82) is 0 Å². The molecule has 3 rings (SSSR count). The van der Waals surface area contributed by atoms with Crippen LogP contribution in [0.2, 0.25) is 0 Å². The lowest BCUT2D eigenvalue weighted by Crippen LogP contribution is -2.36. The summed E-state index contributed by atoms with van der Waals surface area (Å²) in [6.45, 7) is 6.44. The zero-order valence-corrected chi connectivity index (χ0v) is 15.2. The molecule has 1 amide bonds. The highest BCUT2D eigenvalue weighted by atomic mass is 16.2. The number of nitrogens with one attached hydrogen (secondary N) is 1. The molecule has 1 aliphatic heterocycles. The molecule has 1 aliphatic rings. The van der Waals surface area contributed by atoms with E-state index in [1.54, 1.807) is 6.33 Å². The molecule has 7 nitrogen and oxygen atoms in total. The van der Waals surface area contributed by atoms with Crippen LogP contribution in [0, 0.1) is 6.92 Å². The van der Waals surface area contributed by atoms with Crippen LogP contribution in [-0.2, 0) is 11.8 Å². The Morgan fingerprint density at radius 1 is 1.20 bits per heavy atom. The second kappa shape index (κ2) is 7.76. The third-order valence-corrected chi connectivity index (χ3v) is 4.74. The number of anilines is 1. The Kier molecular flexibility index (Phi) is 5.45. The largest absolute Gasteiger partial charge is 0.325 e. The van der Waals surface area contributed by atoms with Gasteiger partial charge in [-0.2, -0.15) is 0 Å². The van der Waals surface area contributed by atoms with Gasteiger partial charge in [-0.15, -0.1) is 10.2 Å². The summed E-state index contributed by atoms with van der Waals surface area (Å²) in [7, 11) is 4.04. The van der Waals surface area contributed by atoms with E-state index in [9.17, 15) is 4.79 Å². The van der Waals surface area contributed by atoms with Crippen molar-refractivity contribution in [3.63, 3.8) is 0 Å². The van der Waals surface area contributed by atoms with Gasteiger partial charge >= 0.3 is 0 Å². The maximum atomic E-state index is 12.5. The molecule has 0 unspecified atom stereocenters. The zero-order valence-electron chi connectivity index (χ0n) is 15.2. The van der Waals surface area contributed by atoms with E-state index in [0.717, 1.165) is 55.2 Å². The number of rotatable bonds is 4. The van der Waals surface area contributed by atoms with Gasteiger partial charge in [0.15, 0.2) is 5.82 Å². The molecule has 25 heavy (non-hydrogen) atoms. The van der Waals surface area contributed by atoms with Crippen LogP contribution in [0.15, 0.2) is 24.5 Å². The number of likely N-dealkylation sites (N-methyl/N-ethyl adjacent to an activating group) is 1. The van der Waals surface area contributed by atoms with Gasteiger partial charge in [-0.05, 0) is 45.1 Å². The number of carbonyl (C=O) groups excluding carboxylic acids is 1. The lowest BCUT2D eigenvalue weighted by Gasteiger charge is -2.20. The summed E-state index contributed by atoms with van der Waals surface area (Å²) in [6.07, 6.45) is 2.78. The van der Waals surface area contributed by atoms with Crippen LogP contribution in [0.3, 0.4) is 0 Å². The summed E-state index contributed by atoms with van der Waals surface area (Å²) < 4.78 is 1.88. The lowest BCUT2D eigenvalue weighted by atomic mass is 10.1. The van der Waals surface area contributed by atoms with E-state index >= 15 is 0 Å². The summed E-state index contributed by atoms with van der Waals surface area (Å²) in [5.41, 5.74) is 2.81. The van der Waals surface area contributed by atoms with Crippen molar-refractivity contribution < 1.29 is 4.79 Å². The van der Waals surface area contributed by atoms with E-state index in [0.29, 0.717) is 6.54 Å². The number of hydrogen-bond acceptors (Lipinski definition) is 5. The van der Waals surface area contributed by atoms with Gasteiger partial charge in [-0.3, -0.25) is 9.69 Å². The summed E-state index contributed by atoms with van der Waals surface area (Å²) in [5, 5.41) is 11.2. The van der Waals surface area contributed by atoms with Crippen LogP contribution < -0.4 is 5.32 Å². The van der Waals surface area contributed by atoms with Crippen molar-refractivity contribution in [1.82, 2.24) is 24.6 Å². The molecule has 7 heteroatoms. The van der Waals surface area contributed by atoms with Crippen molar-refractivity contribution in [2.45, 2.75) is 13.3 Å². The normalized spacial score (nSPS) is 16.6. The number of aryl methyl sites for hydroxylation is 1. The van der Waals surface area contributed by atoms with Crippen LogP contribution in [0.4, 0.5) is 5.69 Å². The summed E-state index contributed by atoms with van der Waals surface area (Å²) >= 11 is 0. The van der Waals surface area contributed by atoms with Crippen molar-refractivity contribution in [3.05, 3.63) is 30.1 Å². The summed E-state index contributed by atoms with van der Waals surface area (Å²) in [6, 6.07) is 5.87. The Morgan fingerprint density at radius 2 is 2.04 bits per heavy atom. The van der Waals surface area contributed by atoms with E-state index in [1.165, 1.54) is 0 Å². The quantitative estimate of drug-likeness (QED) is 0.909. The van der Waals surface area contributed by atoms with E-state index < -0.39 is 0 Å². The van der Waals surface area contributed by atoms with E-state index in [4.69, 9.17) is 0 Å². The second-order valence-electron chi connectivity index (χ2n) is 6.72. The minimum Gasteiger partial charge on any atom is -0.325 e. The van der Waals surface area contributed by atoms with Gasteiger partial charge < -0.3 is 14.8 Å². The third kappa shape index (κ3) is 4.24. The molecule has 0 radical (unpaired) electrons. The average Bonchev–Trinajstić information content (AvgIpc) is 2.89. The fourth-order valence-electron chi connectivity index (χ4n) is 3.19. The highest BCUT2D eigenvalue weighted by Crippen LogP contribution is 2.26. The predicted octanol–water partition coefficient (Wildman–Crippen LogP) is 1.37. The second-order valence-corrected chi connectivity index (χ2v) is 6.72. The summed E-state index contributed by atoms with van der Waals surface area (Å²) in [5.74, 6) is 0.826. The van der Waals surface area contributed by atoms with Crippen molar-refractivity contribution in [3.8, 4) is 11.4 Å². The maximum absolute atomic E-state index is 12.5. The van der Waals surface area contributed by atoms with Gasteiger partial charge in [0.1, 0.15) is 6.33 Å². The van der Waals surface area contributed by atoms with E-state index in [1.807, 2.05) is 36.7 Å². The van der Waals surface area contributed by atoms with Gasteiger partial charge in [0.25, 0.3) is 0 Å². The fourth-order valence-corrected chi connectivity index (χ4v) is 3.19. The number of hydrogen-bond donors (Lipinski definition) is 1. The number of nitrogens with zero attached hydrogens (tertiary/aromatic N) is 5. The molecule has 0 aliphatic carbocycles. The van der Waals surface area contributed by atoms with Crippen LogP contribution >= 0.6 is 0 Å². The van der Waals surface area contributed by atoms with Gasteiger partial charge in [0.05, 0.1) is 6.54 Å². The summed E-state index contributed by atoms with van der Waals surface area (Å²) in [4.78, 5) is 17.0. The molecule has 0 spiro atoms. The highest BCUT2D eigenvalue weighted by Gasteiger charge is 2.17. The molecular formula is C18H26N6O. The highest BCUT2D eigenvalue weighted by molar-refractivity contribution is 5.94. The maximum Gasteiger partial charge on any atom is 0.238 e. The van der Waals surface area contributed by atoms with Crippen LogP contribution in [0.5, 0.6) is 0 Å². The molecule has 1 aromatic heterocycles. The van der Waals surface area contributed by atoms with Crippen LogP contribution in [0.1, 0.15) is 12.0 Å². The molecule has 0 bridgehead atoms. The Morgan fingerprint density at radius 3 is 2.80 bits per heavy atom. The molecule has 1 fully saturated rings. The Labute approximate surface area is 148 Å². The minimum atomic E-state index is 0.0303. The first-order valence-electron chi connectivity index (χ1n) is 8.69. The first kappa shape index (κ1) is 17.6. The number of amides is 1. The third-order valence-electron chi connectivity index (χ3n) is 4.74. The lowest BCUT2D eigenvalue weighted by molar-refractivity contribution is -0.117. The smallest absolute Gasteiger partial charge is 0.238 e. The number of benzene rings is 1. The topological polar surface area (TPSA) is 66.3 Å². The molecular weight excluding hydrogens is 316 g/mol. The average molecular weight is 342 g/mol. The van der Waals surface area contributed by atoms with Gasteiger partial charge in [-0.1, -0.05) is 12.1 Å². The molecule has 1 N–H and O–H groups in total. The first-order chi connectivity index (χ1) is 12.0. The Hall–Kier alpha value is -2.25. The van der Waals surface area contributed by atoms with Gasteiger partial charge in [0.2, 0.25) is 5.91 Å². The van der Waals surface area contributed by atoms with E-state index in [2.05, 4.69) is 32.4 Å². The Bertz CT molecular complexity index is 741. The number of carbonyl (C=O) groups is 1. The molecule has 0 saturated carbocycles. The molecule has 2 heterocycles. The van der Waals surface area contributed by atoms with Crippen LogP contribution in [0.25, 0.3) is 11.4 Å². The van der Waals surface area contributed by atoms with E-state index in [-0.39, 0.29) is 5.91 Å².